The Bertz CT molecular complexity index is 723. The average molecular weight is 399 g/mol. The van der Waals surface area contributed by atoms with Gasteiger partial charge in [-0.15, -0.1) is 0 Å². The Morgan fingerprint density at radius 3 is 2.00 bits per heavy atom. The lowest BCUT2D eigenvalue weighted by molar-refractivity contribution is -0.128. The van der Waals surface area contributed by atoms with E-state index in [4.69, 9.17) is 0 Å². The van der Waals surface area contributed by atoms with Crippen molar-refractivity contribution in [1.29, 1.82) is 0 Å². The van der Waals surface area contributed by atoms with Gasteiger partial charge >= 0.3 is 0 Å². The van der Waals surface area contributed by atoms with Crippen LogP contribution >= 0.6 is 0 Å². The van der Waals surface area contributed by atoms with Gasteiger partial charge in [0.25, 0.3) is 0 Å². The summed E-state index contributed by atoms with van der Waals surface area (Å²) >= 11 is 0. The van der Waals surface area contributed by atoms with Crippen molar-refractivity contribution in [2.24, 2.45) is 16.7 Å². The quantitative estimate of drug-likeness (QED) is 0.729. The van der Waals surface area contributed by atoms with Gasteiger partial charge in [-0.1, -0.05) is 13.8 Å². The van der Waals surface area contributed by atoms with Gasteiger partial charge < -0.3 is 0 Å². The smallest absolute Gasteiger partial charge is 0.215 e. The maximum absolute atomic E-state index is 13.5. The van der Waals surface area contributed by atoms with E-state index in [9.17, 15) is 13.2 Å². The average Bonchev–Trinajstić information content (AvgIpc) is 2.85. The molecule has 1 heterocycles. The molecule has 2 unspecified atom stereocenters. The molecular formula is C21H38N2O3S. The number of carbonyl (C=O) groups excluding carboxylic acids is 1. The number of piperidine rings is 1. The molecule has 2 saturated carbocycles. The standard InChI is InChI=1S/C21H38N2O3S/c1-18(2)12-16(13-19(3,4)23(18)8)22(7)27(25,26)14-21-10-9-15(11-17(21)24)20(21,5)6/h15-16H,9-14H2,1-8H3. The fourth-order valence-electron chi connectivity index (χ4n) is 6.32. The Morgan fingerprint density at radius 1 is 1.07 bits per heavy atom. The Balaban J connectivity index is 1.87. The van der Waals surface area contributed by atoms with Crippen molar-refractivity contribution in [3.8, 4) is 0 Å². The van der Waals surface area contributed by atoms with E-state index in [1.807, 2.05) is 0 Å². The molecule has 3 aliphatic rings. The van der Waals surface area contributed by atoms with Crippen LogP contribution in [0.3, 0.4) is 0 Å². The summed E-state index contributed by atoms with van der Waals surface area (Å²) in [5, 5.41) is 0. The summed E-state index contributed by atoms with van der Waals surface area (Å²) in [6.07, 6.45) is 3.86. The van der Waals surface area contributed by atoms with Crippen LogP contribution in [0.25, 0.3) is 0 Å². The second kappa shape index (κ2) is 6.02. The van der Waals surface area contributed by atoms with Crippen LogP contribution in [0.2, 0.25) is 0 Å². The summed E-state index contributed by atoms with van der Waals surface area (Å²) in [4.78, 5) is 15.2. The largest absolute Gasteiger partial charge is 0.299 e. The van der Waals surface area contributed by atoms with Gasteiger partial charge in [-0.2, -0.15) is 0 Å². The summed E-state index contributed by atoms with van der Waals surface area (Å²) in [5.74, 6) is 0.489. The number of nitrogens with zero attached hydrogens (tertiary/aromatic N) is 2. The monoisotopic (exact) mass is 398 g/mol. The lowest BCUT2D eigenvalue weighted by Gasteiger charge is -2.55. The number of carbonyl (C=O) groups is 1. The molecule has 0 aromatic rings. The molecule has 0 radical (unpaired) electrons. The van der Waals surface area contributed by atoms with E-state index in [0.29, 0.717) is 12.3 Å². The van der Waals surface area contributed by atoms with Gasteiger partial charge in [0.05, 0.1) is 5.75 Å². The number of ketones is 1. The van der Waals surface area contributed by atoms with Crippen LogP contribution in [0.4, 0.5) is 0 Å². The molecule has 2 aliphatic carbocycles. The minimum absolute atomic E-state index is 0.0218. The molecule has 0 aromatic heterocycles. The minimum Gasteiger partial charge on any atom is -0.299 e. The van der Waals surface area contributed by atoms with Crippen molar-refractivity contribution in [2.45, 2.75) is 90.8 Å². The Morgan fingerprint density at radius 2 is 1.59 bits per heavy atom. The van der Waals surface area contributed by atoms with Gasteiger partial charge in [-0.3, -0.25) is 9.69 Å². The van der Waals surface area contributed by atoms with Gasteiger partial charge in [0.2, 0.25) is 10.0 Å². The van der Waals surface area contributed by atoms with Crippen molar-refractivity contribution in [3.05, 3.63) is 0 Å². The first-order valence-corrected chi connectivity index (χ1v) is 11.9. The summed E-state index contributed by atoms with van der Waals surface area (Å²) in [6, 6.07) is -0.0376. The number of rotatable bonds is 4. The number of Topliss-reactive ketones (excluding diaryl/α,β-unsaturated/α-hetero) is 1. The van der Waals surface area contributed by atoms with E-state index in [1.54, 1.807) is 11.4 Å². The van der Waals surface area contributed by atoms with Crippen molar-refractivity contribution in [3.63, 3.8) is 0 Å². The van der Waals surface area contributed by atoms with Gasteiger partial charge in [0.15, 0.2) is 0 Å². The molecule has 0 aromatic carbocycles. The first-order chi connectivity index (χ1) is 12.1. The van der Waals surface area contributed by atoms with Crippen molar-refractivity contribution in [2.75, 3.05) is 19.8 Å². The number of fused-ring (bicyclic) bond motifs is 2. The lowest BCUT2D eigenvalue weighted by atomic mass is 9.70. The molecule has 3 fully saturated rings. The van der Waals surface area contributed by atoms with Crippen LogP contribution in [-0.2, 0) is 14.8 Å². The minimum atomic E-state index is -3.52. The summed E-state index contributed by atoms with van der Waals surface area (Å²) < 4.78 is 28.5. The molecule has 2 bridgehead atoms. The van der Waals surface area contributed by atoms with Crippen LogP contribution in [0, 0.1) is 16.7 Å². The number of sulfonamides is 1. The molecular weight excluding hydrogens is 360 g/mol. The van der Waals surface area contributed by atoms with E-state index in [1.165, 1.54) is 0 Å². The van der Waals surface area contributed by atoms with Gasteiger partial charge in [-0.05, 0) is 71.8 Å². The molecule has 6 heteroatoms. The van der Waals surface area contributed by atoms with Crippen LogP contribution in [0.1, 0.15) is 73.6 Å². The maximum atomic E-state index is 13.5. The fourth-order valence-corrected chi connectivity index (χ4v) is 8.43. The molecule has 0 amide bonds. The third kappa shape index (κ3) is 3.01. The number of hydrogen-bond donors (Lipinski definition) is 0. The van der Waals surface area contributed by atoms with Crippen LogP contribution in [0.5, 0.6) is 0 Å². The highest BCUT2D eigenvalue weighted by molar-refractivity contribution is 7.89. The SMILES string of the molecule is CN1C(C)(C)CC(N(C)S(=O)(=O)CC23CCC(CC2=O)C3(C)C)CC1(C)C. The summed E-state index contributed by atoms with van der Waals surface area (Å²) in [7, 11) is 0.341. The molecule has 0 N–H and O–H groups in total. The molecule has 3 rings (SSSR count). The zero-order valence-corrected chi connectivity index (χ0v) is 19.2. The first-order valence-electron chi connectivity index (χ1n) is 10.3. The van der Waals surface area contributed by atoms with Crippen LogP contribution < -0.4 is 0 Å². The van der Waals surface area contributed by atoms with Gasteiger partial charge in [0.1, 0.15) is 5.78 Å². The molecule has 5 nitrogen and oxygen atoms in total. The number of hydrogen-bond acceptors (Lipinski definition) is 4. The van der Waals surface area contributed by atoms with Crippen LogP contribution in [-0.4, -0.2) is 60.4 Å². The van der Waals surface area contributed by atoms with Crippen molar-refractivity contribution >= 4 is 15.8 Å². The van der Waals surface area contributed by atoms with Gasteiger partial charge in [0, 0.05) is 36.0 Å². The fraction of sp³-hybridized carbons (Fsp3) is 0.952. The molecule has 1 aliphatic heterocycles. The van der Waals surface area contributed by atoms with Gasteiger partial charge in [-0.25, -0.2) is 12.7 Å². The topological polar surface area (TPSA) is 57.7 Å². The van der Waals surface area contributed by atoms with E-state index in [2.05, 4.69) is 53.5 Å². The molecule has 1 saturated heterocycles. The number of likely N-dealkylation sites (tertiary alicyclic amines) is 1. The zero-order chi connectivity index (χ0) is 20.6. The van der Waals surface area contributed by atoms with E-state index in [-0.39, 0.29) is 34.1 Å². The first kappa shape index (κ1) is 21.3. The van der Waals surface area contributed by atoms with E-state index in [0.717, 1.165) is 25.7 Å². The normalized spacial score (nSPS) is 35.9. The highest BCUT2D eigenvalue weighted by Crippen LogP contribution is 2.64. The summed E-state index contributed by atoms with van der Waals surface area (Å²) in [5.41, 5.74) is -1.06. The third-order valence-corrected chi connectivity index (χ3v) is 10.8. The highest BCUT2D eigenvalue weighted by atomic mass is 32.2. The van der Waals surface area contributed by atoms with Crippen molar-refractivity contribution < 1.29 is 13.2 Å². The predicted molar refractivity (Wildman–Crippen MR) is 109 cm³/mol. The Kier molecular flexibility index (Phi) is 4.74. The molecule has 27 heavy (non-hydrogen) atoms. The molecule has 156 valence electrons. The molecule has 0 spiro atoms. The second-order valence-electron chi connectivity index (χ2n) is 11.2. The molecule has 2 atom stereocenters. The summed E-state index contributed by atoms with van der Waals surface area (Å²) in [6.45, 7) is 13.0. The zero-order valence-electron chi connectivity index (χ0n) is 18.4. The lowest BCUT2D eigenvalue weighted by Crippen LogP contribution is -2.63. The predicted octanol–water partition coefficient (Wildman–Crippen LogP) is 3.29. The Labute approximate surface area is 165 Å². The third-order valence-electron chi connectivity index (χ3n) is 8.81. The second-order valence-corrected chi connectivity index (χ2v) is 13.2. The van der Waals surface area contributed by atoms with E-state index >= 15 is 0 Å². The van der Waals surface area contributed by atoms with Crippen LogP contribution in [0.15, 0.2) is 0 Å². The van der Waals surface area contributed by atoms with Crippen molar-refractivity contribution in [1.82, 2.24) is 9.21 Å². The maximum Gasteiger partial charge on any atom is 0.215 e. The van der Waals surface area contributed by atoms with E-state index < -0.39 is 15.4 Å². The Hall–Kier alpha value is -0.460. The highest BCUT2D eigenvalue weighted by Gasteiger charge is 2.65.